The van der Waals surface area contributed by atoms with E-state index in [0.29, 0.717) is 6.61 Å². The quantitative estimate of drug-likeness (QED) is 0.208. The van der Waals surface area contributed by atoms with Crippen LogP contribution in [-0.2, 0) is 6.61 Å². The largest absolute Gasteiger partial charge is 0.488 e. The van der Waals surface area contributed by atoms with Gasteiger partial charge in [-0.15, -0.1) is 0 Å². The first-order valence-corrected chi connectivity index (χ1v) is 13.1. The van der Waals surface area contributed by atoms with Crippen LogP contribution in [0.25, 0.3) is 27.8 Å². The van der Waals surface area contributed by atoms with Gasteiger partial charge in [-0.1, -0.05) is 67.7 Å². The molecule has 1 aromatic carbocycles. The molecule has 4 aromatic heterocycles. The highest BCUT2D eigenvalue weighted by molar-refractivity contribution is 7.98. The van der Waals surface area contributed by atoms with Crippen LogP contribution in [0.5, 0.6) is 5.75 Å². The molecule has 0 aliphatic carbocycles. The van der Waals surface area contributed by atoms with Gasteiger partial charge >= 0.3 is 0 Å². The van der Waals surface area contributed by atoms with E-state index in [1.54, 1.807) is 24.2 Å². The summed E-state index contributed by atoms with van der Waals surface area (Å²) in [6, 6.07) is 16.0. The molecule has 0 spiro atoms. The average molecular weight is 476 g/mol. The van der Waals surface area contributed by atoms with Gasteiger partial charge in [0, 0.05) is 24.2 Å². The van der Waals surface area contributed by atoms with Crippen LogP contribution in [0.3, 0.4) is 0 Å². The van der Waals surface area contributed by atoms with Crippen molar-refractivity contribution in [2.75, 3.05) is 12.5 Å². The van der Waals surface area contributed by atoms with Gasteiger partial charge in [0.05, 0.1) is 16.6 Å². The highest BCUT2D eigenvalue weighted by atomic mass is 32.2. The van der Waals surface area contributed by atoms with Crippen molar-refractivity contribution < 1.29 is 4.74 Å². The van der Waals surface area contributed by atoms with E-state index in [1.807, 2.05) is 69.0 Å². The second-order valence-corrected chi connectivity index (χ2v) is 8.28. The molecule has 0 saturated carbocycles. The molecule has 5 rings (SSSR count). The molecule has 0 saturated heterocycles. The topological polar surface area (TPSA) is 65.2 Å². The Balaban J connectivity index is 0.00000126. The van der Waals surface area contributed by atoms with E-state index in [9.17, 15) is 0 Å². The minimum Gasteiger partial charge on any atom is -0.488 e. The van der Waals surface area contributed by atoms with Crippen LogP contribution < -0.4 is 4.74 Å². The standard InChI is InChI=1S/C23H19N5OS2.C2H6/c1-30-22-25-11-8-16(27-22)19-17-9-12-26-23(31-2)28(17)21-20(19)18(10-13-24-21)29-14-15-6-4-3-5-7-15;1-2/h3-13H,14H2,1-2H3;1-2H3. The number of hydrogen-bond acceptors (Lipinski definition) is 7. The average Bonchev–Trinajstić information content (AvgIpc) is 3.24. The van der Waals surface area contributed by atoms with Gasteiger partial charge in [-0.2, -0.15) is 0 Å². The van der Waals surface area contributed by atoms with Crippen molar-refractivity contribution in [2.45, 2.75) is 30.8 Å². The first kappa shape index (κ1) is 23.1. The maximum Gasteiger partial charge on any atom is 0.187 e. The van der Waals surface area contributed by atoms with Crippen LogP contribution in [0.2, 0.25) is 0 Å². The molecule has 0 unspecified atom stereocenters. The number of fused-ring (bicyclic) bond motifs is 3. The minimum absolute atomic E-state index is 0.471. The van der Waals surface area contributed by atoms with E-state index in [1.165, 1.54) is 11.8 Å². The molecule has 0 aliphatic heterocycles. The van der Waals surface area contributed by atoms with Gasteiger partial charge in [-0.25, -0.2) is 19.9 Å². The Morgan fingerprint density at radius 2 is 1.61 bits per heavy atom. The maximum atomic E-state index is 6.30. The lowest BCUT2D eigenvalue weighted by Crippen LogP contribution is -1.97. The Kier molecular flexibility index (Phi) is 7.47. The molecule has 0 atom stereocenters. The molecular formula is C25H25N5OS2. The predicted molar refractivity (Wildman–Crippen MR) is 137 cm³/mol. The van der Waals surface area contributed by atoms with Gasteiger partial charge < -0.3 is 4.74 Å². The monoisotopic (exact) mass is 475 g/mol. The van der Waals surface area contributed by atoms with Gasteiger partial charge in [0.25, 0.3) is 0 Å². The molecule has 0 aliphatic rings. The lowest BCUT2D eigenvalue weighted by atomic mass is 10.1. The summed E-state index contributed by atoms with van der Waals surface area (Å²) in [4.78, 5) is 18.4. The molecule has 5 aromatic rings. The highest BCUT2D eigenvalue weighted by Gasteiger charge is 2.22. The van der Waals surface area contributed by atoms with Crippen molar-refractivity contribution >= 4 is 40.1 Å². The Morgan fingerprint density at radius 3 is 2.36 bits per heavy atom. The number of hydrogen-bond donors (Lipinski definition) is 0. The molecule has 0 N–H and O–H groups in total. The summed E-state index contributed by atoms with van der Waals surface area (Å²) in [5.41, 5.74) is 4.71. The molecule has 0 radical (unpaired) electrons. The summed E-state index contributed by atoms with van der Waals surface area (Å²) in [6.45, 7) is 4.47. The zero-order valence-electron chi connectivity index (χ0n) is 19.0. The summed E-state index contributed by atoms with van der Waals surface area (Å²) in [5.74, 6) is 0.768. The number of thioether (sulfide) groups is 2. The molecule has 33 heavy (non-hydrogen) atoms. The summed E-state index contributed by atoms with van der Waals surface area (Å²) >= 11 is 3.10. The third kappa shape index (κ3) is 4.54. The van der Waals surface area contributed by atoms with Gasteiger partial charge in [-0.05, 0) is 36.3 Å². The number of pyridine rings is 1. The van der Waals surface area contributed by atoms with Crippen LogP contribution in [0.1, 0.15) is 19.4 Å². The molecule has 4 heterocycles. The van der Waals surface area contributed by atoms with Crippen molar-refractivity contribution in [3.63, 3.8) is 0 Å². The highest BCUT2D eigenvalue weighted by Crippen LogP contribution is 2.40. The Labute approximate surface area is 201 Å². The molecule has 168 valence electrons. The van der Waals surface area contributed by atoms with E-state index in [4.69, 9.17) is 14.7 Å². The van der Waals surface area contributed by atoms with Gasteiger partial charge in [0.2, 0.25) is 0 Å². The lowest BCUT2D eigenvalue weighted by Gasteiger charge is -2.09. The Bertz CT molecular complexity index is 1370. The summed E-state index contributed by atoms with van der Waals surface area (Å²) in [7, 11) is 0. The van der Waals surface area contributed by atoms with Crippen molar-refractivity contribution in [3.05, 3.63) is 72.7 Å². The van der Waals surface area contributed by atoms with Crippen molar-refractivity contribution in [1.29, 1.82) is 0 Å². The fourth-order valence-corrected chi connectivity index (χ4v) is 4.50. The number of benzene rings is 1. The van der Waals surface area contributed by atoms with E-state index in [0.717, 1.165) is 49.4 Å². The number of aromatic nitrogens is 5. The van der Waals surface area contributed by atoms with Crippen LogP contribution >= 0.6 is 23.5 Å². The SMILES string of the molecule is CC.CSc1nccc(-c2c3c(OCc4ccccc4)ccnc3n3c(SC)nccc23)n1. The first-order chi connectivity index (χ1) is 16.3. The van der Waals surface area contributed by atoms with Crippen molar-refractivity contribution in [1.82, 2.24) is 24.3 Å². The van der Waals surface area contributed by atoms with Gasteiger partial charge in [-0.3, -0.25) is 4.40 Å². The van der Waals surface area contributed by atoms with E-state index < -0.39 is 0 Å². The summed E-state index contributed by atoms with van der Waals surface area (Å²) < 4.78 is 8.37. The van der Waals surface area contributed by atoms with E-state index in [-0.39, 0.29) is 0 Å². The zero-order valence-corrected chi connectivity index (χ0v) is 20.7. The van der Waals surface area contributed by atoms with Gasteiger partial charge in [0.15, 0.2) is 16.0 Å². The predicted octanol–water partition coefficient (Wildman–Crippen LogP) is 6.39. The Hall–Kier alpha value is -3.10. The van der Waals surface area contributed by atoms with Gasteiger partial charge in [0.1, 0.15) is 12.4 Å². The molecule has 6 nitrogen and oxygen atoms in total. The Morgan fingerprint density at radius 1 is 0.848 bits per heavy atom. The lowest BCUT2D eigenvalue weighted by molar-refractivity contribution is 0.310. The number of rotatable bonds is 6. The number of ether oxygens (including phenoxy) is 1. The molecule has 8 heteroatoms. The third-order valence-electron chi connectivity index (χ3n) is 4.95. The minimum atomic E-state index is 0.471. The number of nitrogens with zero attached hydrogens (tertiary/aromatic N) is 5. The second kappa shape index (κ2) is 10.7. The van der Waals surface area contributed by atoms with Crippen molar-refractivity contribution in [3.8, 4) is 17.0 Å². The summed E-state index contributed by atoms with van der Waals surface area (Å²) in [5, 5.41) is 2.51. The van der Waals surface area contributed by atoms with E-state index in [2.05, 4.69) is 26.5 Å². The molecular weight excluding hydrogens is 450 g/mol. The second-order valence-electron chi connectivity index (χ2n) is 6.74. The third-order valence-corrected chi connectivity index (χ3v) is 6.17. The normalized spacial score (nSPS) is 10.8. The molecule has 0 amide bonds. The smallest absolute Gasteiger partial charge is 0.187 e. The zero-order chi connectivity index (χ0) is 23.2. The fraction of sp³-hybridized carbons (Fsp3) is 0.200. The maximum absolute atomic E-state index is 6.30. The van der Waals surface area contributed by atoms with Crippen LogP contribution in [0.4, 0.5) is 0 Å². The van der Waals surface area contributed by atoms with Crippen LogP contribution in [0.15, 0.2) is 77.4 Å². The molecule has 0 fully saturated rings. The van der Waals surface area contributed by atoms with E-state index >= 15 is 0 Å². The first-order valence-electron chi connectivity index (χ1n) is 10.7. The van der Waals surface area contributed by atoms with Crippen molar-refractivity contribution in [2.24, 2.45) is 0 Å². The van der Waals surface area contributed by atoms with Crippen LogP contribution in [0, 0.1) is 0 Å². The molecule has 0 bridgehead atoms. The fourth-order valence-electron chi connectivity index (χ4n) is 3.61. The van der Waals surface area contributed by atoms with Crippen LogP contribution in [-0.4, -0.2) is 36.8 Å². The summed E-state index contributed by atoms with van der Waals surface area (Å²) in [6.07, 6.45) is 9.38.